The number of esters is 1. The maximum atomic E-state index is 11.8. The lowest BCUT2D eigenvalue weighted by Crippen LogP contribution is -2.12. The van der Waals surface area contributed by atoms with Gasteiger partial charge in [0.2, 0.25) is 0 Å². The van der Waals surface area contributed by atoms with Gasteiger partial charge in [-0.25, -0.2) is 0 Å². The van der Waals surface area contributed by atoms with E-state index < -0.39 is 0 Å². The number of aryl methyl sites for hydroxylation is 1. The number of unbranched alkanes of at least 4 members (excludes halogenated alkanes) is 20. The van der Waals surface area contributed by atoms with Crippen LogP contribution in [-0.4, -0.2) is 25.8 Å². The molecule has 4 nitrogen and oxygen atoms in total. The molecule has 0 amide bonds. The lowest BCUT2D eigenvalue weighted by atomic mass is 10.0. The van der Waals surface area contributed by atoms with E-state index in [-0.39, 0.29) is 5.97 Å². The average Bonchev–Trinajstić information content (AvgIpc) is 2.99. The lowest BCUT2D eigenvalue weighted by molar-refractivity contribution is -0.144. The highest BCUT2D eigenvalue weighted by Crippen LogP contribution is 2.25. The summed E-state index contributed by atoms with van der Waals surface area (Å²) >= 11 is 0. The number of hydrogen-bond acceptors (Lipinski definition) is 4. The molecule has 0 atom stereocenters. The van der Waals surface area contributed by atoms with Crippen molar-refractivity contribution in [3.05, 3.63) is 23.8 Å². The predicted octanol–water partition coefficient (Wildman–Crippen LogP) is 12.0. The van der Waals surface area contributed by atoms with Crippen molar-refractivity contribution < 1.29 is 19.0 Å². The van der Waals surface area contributed by atoms with Gasteiger partial charge in [0.1, 0.15) is 24.7 Å². The van der Waals surface area contributed by atoms with Gasteiger partial charge in [0.25, 0.3) is 0 Å². The number of carbonyl (C=O) groups is 1. The summed E-state index contributed by atoms with van der Waals surface area (Å²) in [7, 11) is 0. The largest absolute Gasteiger partial charge is 0.493 e. The molecule has 0 aliphatic rings. The summed E-state index contributed by atoms with van der Waals surface area (Å²) < 4.78 is 17.5. The molecule has 0 saturated carbocycles. The molecule has 0 N–H and O–H groups in total. The molecule has 0 heterocycles. The van der Waals surface area contributed by atoms with E-state index in [0.717, 1.165) is 43.8 Å². The molecule has 0 aromatic heterocycles. The van der Waals surface area contributed by atoms with Crippen LogP contribution in [0.2, 0.25) is 0 Å². The van der Waals surface area contributed by atoms with Crippen molar-refractivity contribution >= 4 is 5.97 Å². The van der Waals surface area contributed by atoms with Gasteiger partial charge >= 0.3 is 5.97 Å². The lowest BCUT2D eigenvalue weighted by Gasteiger charge is -2.13. The number of rotatable bonds is 31. The summed E-state index contributed by atoms with van der Waals surface area (Å²) in [6, 6.07) is 6.34. The molecule has 0 aliphatic heterocycles. The van der Waals surface area contributed by atoms with Gasteiger partial charge < -0.3 is 14.2 Å². The van der Waals surface area contributed by atoms with Crippen molar-refractivity contribution in [2.24, 2.45) is 0 Å². The van der Waals surface area contributed by atoms with Crippen LogP contribution < -0.4 is 9.47 Å². The number of carbonyl (C=O) groups excluding carboxylic acids is 1. The smallest absolute Gasteiger partial charge is 0.305 e. The van der Waals surface area contributed by atoms with Gasteiger partial charge in [-0.1, -0.05) is 149 Å². The van der Waals surface area contributed by atoms with Crippen LogP contribution in [0.4, 0.5) is 0 Å². The Morgan fingerprint density at radius 3 is 1.40 bits per heavy atom. The third-order valence-electron chi connectivity index (χ3n) is 8.13. The topological polar surface area (TPSA) is 44.8 Å². The van der Waals surface area contributed by atoms with Crippen LogP contribution in [-0.2, 0) is 16.0 Å². The summed E-state index contributed by atoms with van der Waals surface area (Å²) in [5, 5.41) is 0. The van der Waals surface area contributed by atoms with Crippen molar-refractivity contribution in [2.75, 3.05) is 19.8 Å². The first-order chi connectivity index (χ1) is 20.7. The molecular formula is C38H68O4. The van der Waals surface area contributed by atoms with Gasteiger partial charge in [-0.3, -0.25) is 4.79 Å². The van der Waals surface area contributed by atoms with E-state index in [9.17, 15) is 4.79 Å². The summed E-state index contributed by atoms with van der Waals surface area (Å²) in [5.41, 5.74) is 1.28. The van der Waals surface area contributed by atoms with Crippen LogP contribution in [0.1, 0.15) is 180 Å². The van der Waals surface area contributed by atoms with Gasteiger partial charge in [-0.2, -0.15) is 0 Å². The Hall–Kier alpha value is -1.71. The van der Waals surface area contributed by atoms with E-state index in [2.05, 4.69) is 32.9 Å². The Morgan fingerprint density at radius 1 is 0.476 bits per heavy atom. The summed E-state index contributed by atoms with van der Waals surface area (Å²) in [6.45, 7) is 8.06. The molecule has 42 heavy (non-hydrogen) atoms. The third kappa shape index (κ3) is 23.8. The van der Waals surface area contributed by atoms with E-state index in [0.29, 0.717) is 19.6 Å². The second-order valence-electron chi connectivity index (χ2n) is 12.3. The first kappa shape index (κ1) is 38.3. The van der Waals surface area contributed by atoms with Gasteiger partial charge in [0.05, 0.1) is 6.61 Å². The first-order valence-electron chi connectivity index (χ1n) is 18.2. The Labute approximate surface area is 261 Å². The van der Waals surface area contributed by atoms with Gasteiger partial charge in [0.15, 0.2) is 0 Å². The normalized spacial score (nSPS) is 11.1. The molecule has 0 unspecified atom stereocenters. The maximum absolute atomic E-state index is 11.8. The zero-order valence-electron chi connectivity index (χ0n) is 28.2. The molecule has 1 aromatic rings. The Morgan fingerprint density at radius 2 is 0.905 bits per heavy atom. The van der Waals surface area contributed by atoms with Crippen LogP contribution in [0.25, 0.3) is 0 Å². The Kier molecular flexibility index (Phi) is 26.8. The Balaban J connectivity index is 2.36. The molecule has 0 spiro atoms. The number of benzene rings is 1. The molecule has 0 fully saturated rings. The second-order valence-corrected chi connectivity index (χ2v) is 12.3. The molecule has 0 saturated heterocycles. The first-order valence-corrected chi connectivity index (χ1v) is 18.2. The minimum atomic E-state index is -0.133. The van der Waals surface area contributed by atoms with E-state index in [1.165, 1.54) is 134 Å². The fraction of sp³-hybridized carbons (Fsp3) is 0.816. The fourth-order valence-electron chi connectivity index (χ4n) is 5.42. The van der Waals surface area contributed by atoms with Crippen molar-refractivity contribution in [3.63, 3.8) is 0 Å². The summed E-state index contributed by atoms with van der Waals surface area (Å²) in [6.07, 6.45) is 31.6. The van der Waals surface area contributed by atoms with Crippen LogP contribution in [0.15, 0.2) is 18.2 Å². The minimum absolute atomic E-state index is 0.133. The summed E-state index contributed by atoms with van der Waals surface area (Å²) in [4.78, 5) is 11.8. The zero-order valence-corrected chi connectivity index (χ0v) is 28.2. The molecular weight excluding hydrogens is 520 g/mol. The fourth-order valence-corrected chi connectivity index (χ4v) is 5.42. The highest BCUT2D eigenvalue weighted by Gasteiger charge is 2.06. The molecule has 0 aliphatic carbocycles. The van der Waals surface area contributed by atoms with Crippen molar-refractivity contribution in [2.45, 2.75) is 181 Å². The van der Waals surface area contributed by atoms with Gasteiger partial charge in [-0.05, 0) is 43.4 Å². The molecule has 1 rings (SSSR count). The molecule has 0 bridgehead atoms. The summed E-state index contributed by atoms with van der Waals surface area (Å²) in [5.74, 6) is 1.59. The standard InChI is InChI=1S/C38H68O4/c1-4-7-10-12-14-16-17-18-19-20-21-23-25-27-35-32-36(40-29-26-24-22-15-13-11-8-5-2)34-37(33-35)41-30-31-42-38(39)28-9-6-3/h32-34H,4-31H2,1-3H3. The van der Waals surface area contributed by atoms with Crippen LogP contribution in [0.3, 0.4) is 0 Å². The van der Waals surface area contributed by atoms with Crippen molar-refractivity contribution in [3.8, 4) is 11.5 Å². The van der Waals surface area contributed by atoms with Crippen LogP contribution in [0, 0.1) is 0 Å². The third-order valence-corrected chi connectivity index (χ3v) is 8.13. The highest BCUT2D eigenvalue weighted by molar-refractivity contribution is 5.69. The Bertz CT molecular complexity index is 732. The molecule has 0 radical (unpaired) electrons. The molecule has 244 valence electrons. The van der Waals surface area contributed by atoms with Crippen molar-refractivity contribution in [1.29, 1.82) is 0 Å². The number of ether oxygens (including phenoxy) is 3. The minimum Gasteiger partial charge on any atom is -0.493 e. The second kappa shape index (κ2) is 29.4. The van der Waals surface area contributed by atoms with Gasteiger partial charge in [0, 0.05) is 12.5 Å². The van der Waals surface area contributed by atoms with E-state index in [1.807, 2.05) is 6.07 Å². The van der Waals surface area contributed by atoms with Crippen LogP contribution in [0.5, 0.6) is 11.5 Å². The average molecular weight is 589 g/mol. The van der Waals surface area contributed by atoms with Gasteiger partial charge in [-0.15, -0.1) is 0 Å². The quantitative estimate of drug-likeness (QED) is 0.0639. The van der Waals surface area contributed by atoms with E-state index in [4.69, 9.17) is 14.2 Å². The predicted molar refractivity (Wildman–Crippen MR) is 180 cm³/mol. The monoisotopic (exact) mass is 589 g/mol. The number of hydrogen-bond donors (Lipinski definition) is 0. The van der Waals surface area contributed by atoms with E-state index in [1.54, 1.807) is 0 Å². The van der Waals surface area contributed by atoms with Crippen LogP contribution >= 0.6 is 0 Å². The van der Waals surface area contributed by atoms with Crippen molar-refractivity contribution in [1.82, 2.24) is 0 Å². The molecule has 4 heteroatoms. The SMILES string of the molecule is CCCCCCCCCCCCCCCc1cc(OCCCCCCCCCC)cc(OCCOC(=O)CCCC)c1. The highest BCUT2D eigenvalue weighted by atomic mass is 16.6. The molecule has 1 aromatic carbocycles. The zero-order chi connectivity index (χ0) is 30.4. The van der Waals surface area contributed by atoms with E-state index >= 15 is 0 Å². The maximum Gasteiger partial charge on any atom is 0.305 e.